The van der Waals surface area contributed by atoms with Crippen LogP contribution in [0.25, 0.3) is 11.2 Å². The van der Waals surface area contributed by atoms with Crippen LogP contribution in [0.1, 0.15) is 18.9 Å². The zero-order chi connectivity index (χ0) is 13.2. The van der Waals surface area contributed by atoms with E-state index in [2.05, 4.69) is 20.3 Å². The van der Waals surface area contributed by atoms with Gasteiger partial charge in [0.15, 0.2) is 11.5 Å². The molecule has 0 amide bonds. The minimum absolute atomic E-state index is 0.0338. The van der Waals surface area contributed by atoms with Gasteiger partial charge in [0.25, 0.3) is 0 Å². The van der Waals surface area contributed by atoms with Crippen molar-refractivity contribution in [3.63, 3.8) is 0 Å². The molecule has 2 aromatic rings. The highest BCUT2D eigenvalue weighted by molar-refractivity contribution is 5.82. The first kappa shape index (κ1) is 12.3. The van der Waals surface area contributed by atoms with Crippen molar-refractivity contribution in [2.24, 2.45) is 0 Å². The lowest BCUT2D eigenvalue weighted by atomic mass is 10.1. The Kier molecular flexibility index (Phi) is 3.31. The molecule has 3 rings (SSSR count). The van der Waals surface area contributed by atoms with Crippen LogP contribution in [0.15, 0.2) is 12.7 Å². The first-order chi connectivity index (χ1) is 9.33. The Bertz CT molecular complexity index is 562. The first-order valence-electron chi connectivity index (χ1n) is 6.41. The van der Waals surface area contributed by atoms with Crippen LogP contribution < -0.4 is 5.32 Å². The van der Waals surface area contributed by atoms with Crippen LogP contribution in [0.3, 0.4) is 0 Å². The number of anilines is 1. The van der Waals surface area contributed by atoms with E-state index in [1.807, 2.05) is 11.6 Å². The van der Waals surface area contributed by atoms with Gasteiger partial charge in [-0.1, -0.05) is 0 Å². The number of ether oxygens (including phenoxy) is 1. The van der Waals surface area contributed by atoms with Gasteiger partial charge in [0.2, 0.25) is 0 Å². The summed E-state index contributed by atoms with van der Waals surface area (Å²) in [6.07, 6.45) is 5.09. The second-order valence-electron chi connectivity index (χ2n) is 4.67. The number of fused-ring (bicyclic) bond motifs is 1. The van der Waals surface area contributed by atoms with E-state index in [1.165, 1.54) is 6.33 Å². The maximum absolute atomic E-state index is 9.07. The molecule has 1 aliphatic heterocycles. The number of nitrogens with one attached hydrogen (secondary N) is 1. The average Bonchev–Trinajstić information content (AvgIpc) is 2.91. The Hall–Kier alpha value is -1.73. The third-order valence-corrected chi connectivity index (χ3v) is 3.54. The molecule has 3 heterocycles. The molecule has 0 radical (unpaired) electrons. The van der Waals surface area contributed by atoms with E-state index in [4.69, 9.17) is 9.84 Å². The maximum Gasteiger partial charge on any atom is 0.165 e. The van der Waals surface area contributed by atoms with Gasteiger partial charge in [0.05, 0.1) is 31.7 Å². The van der Waals surface area contributed by atoms with Crippen molar-refractivity contribution in [1.82, 2.24) is 19.5 Å². The number of aliphatic hydroxyl groups is 1. The summed E-state index contributed by atoms with van der Waals surface area (Å²) in [7, 11) is 1.82. The van der Waals surface area contributed by atoms with Crippen molar-refractivity contribution in [2.75, 3.05) is 25.6 Å². The van der Waals surface area contributed by atoms with Gasteiger partial charge >= 0.3 is 0 Å². The standard InChI is InChI=1S/C12H17N5O2/c1-13-11-10-12(15-6-14-11)17(7-16-10)8-2-3-9(4-18)19-5-8/h6-9,18H,2-5H2,1H3,(H,13,14,15). The molecule has 0 aliphatic carbocycles. The van der Waals surface area contributed by atoms with Crippen molar-refractivity contribution in [1.29, 1.82) is 0 Å². The van der Waals surface area contributed by atoms with Gasteiger partial charge in [-0.25, -0.2) is 15.0 Å². The zero-order valence-electron chi connectivity index (χ0n) is 10.8. The van der Waals surface area contributed by atoms with Crippen molar-refractivity contribution in [3.8, 4) is 0 Å². The Morgan fingerprint density at radius 1 is 1.42 bits per heavy atom. The van der Waals surface area contributed by atoms with Gasteiger partial charge in [-0.15, -0.1) is 0 Å². The summed E-state index contributed by atoms with van der Waals surface area (Å²) in [5.74, 6) is 0.730. The maximum atomic E-state index is 9.07. The lowest BCUT2D eigenvalue weighted by molar-refractivity contribution is -0.0383. The fraction of sp³-hybridized carbons (Fsp3) is 0.583. The van der Waals surface area contributed by atoms with Crippen molar-refractivity contribution in [2.45, 2.75) is 25.0 Å². The van der Waals surface area contributed by atoms with Gasteiger partial charge in [-0.05, 0) is 12.8 Å². The smallest absolute Gasteiger partial charge is 0.165 e. The average molecular weight is 263 g/mol. The second-order valence-corrected chi connectivity index (χ2v) is 4.67. The summed E-state index contributed by atoms with van der Waals surface area (Å²) < 4.78 is 7.64. The van der Waals surface area contributed by atoms with E-state index in [0.717, 1.165) is 29.8 Å². The van der Waals surface area contributed by atoms with E-state index < -0.39 is 0 Å². The van der Waals surface area contributed by atoms with Crippen LogP contribution in [0.4, 0.5) is 5.82 Å². The number of hydrogen-bond acceptors (Lipinski definition) is 6. The van der Waals surface area contributed by atoms with Crippen LogP contribution in [0.5, 0.6) is 0 Å². The molecule has 1 fully saturated rings. The number of nitrogens with zero attached hydrogens (tertiary/aromatic N) is 4. The summed E-state index contributed by atoms with van der Waals surface area (Å²) in [6.45, 7) is 0.666. The number of aromatic nitrogens is 4. The predicted octanol–water partition coefficient (Wildman–Crippen LogP) is 0.580. The highest BCUT2D eigenvalue weighted by Gasteiger charge is 2.24. The van der Waals surface area contributed by atoms with Crippen molar-refractivity contribution < 1.29 is 9.84 Å². The van der Waals surface area contributed by atoms with Gasteiger partial charge in [0.1, 0.15) is 11.8 Å². The van der Waals surface area contributed by atoms with Gasteiger partial charge in [-0.3, -0.25) is 0 Å². The molecule has 2 unspecified atom stereocenters. The van der Waals surface area contributed by atoms with Crippen molar-refractivity contribution >= 4 is 17.0 Å². The number of aliphatic hydroxyl groups excluding tert-OH is 1. The Labute approximate surface area is 110 Å². The Morgan fingerprint density at radius 3 is 3.00 bits per heavy atom. The largest absolute Gasteiger partial charge is 0.394 e. The number of rotatable bonds is 3. The van der Waals surface area contributed by atoms with Crippen molar-refractivity contribution in [3.05, 3.63) is 12.7 Å². The minimum Gasteiger partial charge on any atom is -0.394 e. The molecule has 1 aliphatic rings. The molecule has 7 nitrogen and oxygen atoms in total. The zero-order valence-corrected chi connectivity index (χ0v) is 10.8. The molecule has 2 N–H and O–H groups in total. The van der Waals surface area contributed by atoms with E-state index in [0.29, 0.717) is 6.61 Å². The highest BCUT2D eigenvalue weighted by Crippen LogP contribution is 2.27. The SMILES string of the molecule is CNc1ncnc2c1ncn2C1CCC(CO)OC1. The third-order valence-electron chi connectivity index (χ3n) is 3.54. The summed E-state index contributed by atoms with van der Waals surface area (Å²) in [4.78, 5) is 12.8. The summed E-state index contributed by atoms with van der Waals surface area (Å²) in [5.41, 5.74) is 1.59. The van der Waals surface area contributed by atoms with Crippen LogP contribution in [-0.4, -0.2) is 51.0 Å². The fourth-order valence-electron chi connectivity index (χ4n) is 2.46. The molecule has 0 aromatic carbocycles. The van der Waals surface area contributed by atoms with Crippen LogP contribution in [0.2, 0.25) is 0 Å². The molecule has 19 heavy (non-hydrogen) atoms. The topological polar surface area (TPSA) is 85.1 Å². The number of imidazole rings is 1. The molecular formula is C12H17N5O2. The quantitative estimate of drug-likeness (QED) is 0.842. The monoisotopic (exact) mass is 263 g/mol. The normalized spacial score (nSPS) is 23.7. The van der Waals surface area contributed by atoms with Gasteiger partial charge in [-0.2, -0.15) is 0 Å². The van der Waals surface area contributed by atoms with Gasteiger partial charge in [0, 0.05) is 7.05 Å². The van der Waals surface area contributed by atoms with Crippen LogP contribution in [-0.2, 0) is 4.74 Å². The third kappa shape index (κ3) is 2.15. The summed E-state index contributed by atoms with van der Waals surface area (Å²) in [6, 6.07) is 0.215. The summed E-state index contributed by atoms with van der Waals surface area (Å²) in [5, 5.41) is 12.1. The predicted molar refractivity (Wildman–Crippen MR) is 70.0 cm³/mol. The van der Waals surface area contributed by atoms with Crippen LogP contribution in [0, 0.1) is 0 Å². The Morgan fingerprint density at radius 2 is 2.32 bits per heavy atom. The highest BCUT2D eigenvalue weighted by atomic mass is 16.5. The fourth-order valence-corrected chi connectivity index (χ4v) is 2.46. The molecule has 0 saturated carbocycles. The molecular weight excluding hydrogens is 246 g/mol. The molecule has 0 bridgehead atoms. The summed E-state index contributed by atoms with van der Waals surface area (Å²) >= 11 is 0. The first-order valence-corrected chi connectivity index (χ1v) is 6.41. The van der Waals surface area contributed by atoms with E-state index >= 15 is 0 Å². The molecule has 7 heteroatoms. The molecule has 2 atom stereocenters. The van der Waals surface area contributed by atoms with Crippen LogP contribution >= 0.6 is 0 Å². The lowest BCUT2D eigenvalue weighted by Gasteiger charge is -2.28. The second kappa shape index (κ2) is 5.10. The van der Waals surface area contributed by atoms with Gasteiger partial charge < -0.3 is 19.7 Å². The molecule has 1 saturated heterocycles. The lowest BCUT2D eigenvalue weighted by Crippen LogP contribution is -2.30. The Balaban J connectivity index is 1.90. The van der Waals surface area contributed by atoms with E-state index in [-0.39, 0.29) is 18.8 Å². The molecule has 102 valence electrons. The molecule has 0 spiro atoms. The van der Waals surface area contributed by atoms with E-state index in [9.17, 15) is 0 Å². The minimum atomic E-state index is -0.0338. The molecule has 2 aromatic heterocycles. The number of hydrogen-bond donors (Lipinski definition) is 2. The van der Waals surface area contributed by atoms with E-state index in [1.54, 1.807) is 6.33 Å².